The molecule has 0 spiro atoms. The molecule has 0 aliphatic rings. The third kappa shape index (κ3) is 5.39. The number of hydrogen-bond donors (Lipinski definition) is 3. The van der Waals surface area contributed by atoms with Gasteiger partial charge >= 0.3 is 11.9 Å². The average molecular weight is 266 g/mol. The summed E-state index contributed by atoms with van der Waals surface area (Å²) in [6, 6.07) is 6.43. The summed E-state index contributed by atoms with van der Waals surface area (Å²) in [7, 11) is 1.82. The summed E-state index contributed by atoms with van der Waals surface area (Å²) >= 11 is 0. The van der Waals surface area contributed by atoms with Gasteiger partial charge in [-0.05, 0) is 24.1 Å². The first-order chi connectivity index (χ1) is 9.02. The average Bonchev–Trinajstić information content (AvgIpc) is 2.42. The summed E-state index contributed by atoms with van der Waals surface area (Å²) in [5, 5.41) is 11.6. The van der Waals surface area contributed by atoms with Crippen molar-refractivity contribution in [2.24, 2.45) is 5.73 Å². The van der Waals surface area contributed by atoms with Crippen LogP contribution < -0.4 is 11.1 Å². The maximum absolute atomic E-state index is 11.4. The maximum atomic E-state index is 11.4. The fraction of sp³-hybridized carbons (Fsp3) is 0.385. The second-order valence-corrected chi connectivity index (χ2v) is 4.09. The van der Waals surface area contributed by atoms with Crippen molar-refractivity contribution in [3.63, 3.8) is 0 Å². The molecule has 0 fully saturated rings. The second kappa shape index (κ2) is 7.38. The van der Waals surface area contributed by atoms with Crippen LogP contribution in [0.1, 0.15) is 18.4 Å². The van der Waals surface area contributed by atoms with Crippen LogP contribution >= 0.6 is 0 Å². The molecule has 4 N–H and O–H groups in total. The van der Waals surface area contributed by atoms with Crippen molar-refractivity contribution in [1.29, 1.82) is 0 Å². The Morgan fingerprint density at radius 3 is 2.53 bits per heavy atom. The molecule has 19 heavy (non-hydrogen) atoms. The number of aliphatic carboxylic acids is 1. The largest absolute Gasteiger partial charge is 0.480 e. The number of carboxylic acids is 1. The molecule has 6 heteroatoms. The number of nitrogens with one attached hydrogen (secondary N) is 1. The van der Waals surface area contributed by atoms with Gasteiger partial charge in [0.15, 0.2) is 0 Å². The summed E-state index contributed by atoms with van der Waals surface area (Å²) in [5.41, 5.74) is 7.13. The Kier molecular flexibility index (Phi) is 5.81. The molecular weight excluding hydrogens is 248 g/mol. The molecule has 0 unspecified atom stereocenters. The van der Waals surface area contributed by atoms with Gasteiger partial charge in [0.25, 0.3) is 0 Å². The lowest BCUT2D eigenvalue weighted by molar-refractivity contribution is -0.145. The molecule has 0 saturated heterocycles. The highest BCUT2D eigenvalue weighted by Gasteiger charge is 2.14. The Bertz CT molecular complexity index is 431. The number of anilines is 1. The Balaban J connectivity index is 2.31. The summed E-state index contributed by atoms with van der Waals surface area (Å²) in [4.78, 5) is 21.9. The van der Waals surface area contributed by atoms with Crippen molar-refractivity contribution in [3.05, 3.63) is 29.8 Å². The number of carbonyl (C=O) groups is 2. The molecule has 104 valence electrons. The van der Waals surface area contributed by atoms with Crippen LogP contribution in [0.15, 0.2) is 24.3 Å². The van der Waals surface area contributed by atoms with Crippen LogP contribution in [0, 0.1) is 0 Å². The zero-order chi connectivity index (χ0) is 14.3. The van der Waals surface area contributed by atoms with Crippen LogP contribution in [0.25, 0.3) is 0 Å². The number of benzene rings is 1. The van der Waals surface area contributed by atoms with Gasteiger partial charge in [-0.15, -0.1) is 0 Å². The first-order valence-corrected chi connectivity index (χ1v) is 5.93. The standard InChI is InChI=1S/C13H18N2O4/c1-15-10-4-2-9(3-5-10)8-19-12(16)7-6-11(14)13(17)18/h2-5,11,15H,6-8,14H2,1H3,(H,17,18)/t11-/m0/s1. The number of rotatable bonds is 7. The summed E-state index contributed by atoms with van der Waals surface area (Å²) in [6.45, 7) is 0.172. The third-order valence-electron chi connectivity index (χ3n) is 2.62. The van der Waals surface area contributed by atoms with E-state index in [2.05, 4.69) is 5.32 Å². The smallest absolute Gasteiger partial charge is 0.320 e. The molecule has 1 aromatic rings. The monoisotopic (exact) mass is 266 g/mol. The molecule has 0 saturated carbocycles. The maximum Gasteiger partial charge on any atom is 0.320 e. The first kappa shape index (κ1) is 15.0. The predicted octanol–water partition coefficient (Wildman–Crippen LogP) is 0.964. The van der Waals surface area contributed by atoms with Gasteiger partial charge in [-0.2, -0.15) is 0 Å². The number of carboxylic acid groups (broad SMARTS) is 1. The molecule has 0 aromatic heterocycles. The van der Waals surface area contributed by atoms with Gasteiger partial charge in [0, 0.05) is 19.2 Å². The van der Waals surface area contributed by atoms with Crippen LogP contribution in [0.4, 0.5) is 5.69 Å². The molecule has 6 nitrogen and oxygen atoms in total. The van der Waals surface area contributed by atoms with Crippen molar-refractivity contribution >= 4 is 17.6 Å². The van der Waals surface area contributed by atoms with Gasteiger partial charge in [-0.1, -0.05) is 12.1 Å². The highest BCUT2D eigenvalue weighted by Crippen LogP contribution is 2.10. The zero-order valence-corrected chi connectivity index (χ0v) is 10.8. The number of nitrogens with two attached hydrogens (primary N) is 1. The minimum absolute atomic E-state index is 0.00205. The number of esters is 1. The van der Waals surface area contributed by atoms with Gasteiger partial charge in [0.1, 0.15) is 12.6 Å². The Hall–Kier alpha value is -2.08. The zero-order valence-electron chi connectivity index (χ0n) is 10.8. The van der Waals surface area contributed by atoms with E-state index in [1.54, 1.807) is 0 Å². The van der Waals surface area contributed by atoms with E-state index >= 15 is 0 Å². The lowest BCUT2D eigenvalue weighted by Gasteiger charge is -2.07. The molecule has 0 heterocycles. The molecular formula is C13H18N2O4. The lowest BCUT2D eigenvalue weighted by Crippen LogP contribution is -2.30. The van der Waals surface area contributed by atoms with E-state index in [9.17, 15) is 9.59 Å². The van der Waals surface area contributed by atoms with E-state index in [1.165, 1.54) is 0 Å². The van der Waals surface area contributed by atoms with E-state index in [-0.39, 0.29) is 19.4 Å². The van der Waals surface area contributed by atoms with Crippen molar-refractivity contribution in [3.8, 4) is 0 Å². The number of ether oxygens (including phenoxy) is 1. The quantitative estimate of drug-likeness (QED) is 0.635. The molecule has 0 radical (unpaired) electrons. The van der Waals surface area contributed by atoms with Crippen LogP contribution in [-0.4, -0.2) is 30.1 Å². The minimum atomic E-state index is -1.12. The molecule has 1 rings (SSSR count). The Labute approximate surface area is 111 Å². The fourth-order valence-electron chi connectivity index (χ4n) is 1.40. The predicted molar refractivity (Wildman–Crippen MR) is 70.6 cm³/mol. The van der Waals surface area contributed by atoms with Gasteiger partial charge in [0.2, 0.25) is 0 Å². The molecule has 0 bridgehead atoms. The van der Waals surface area contributed by atoms with Crippen molar-refractivity contribution < 1.29 is 19.4 Å². The van der Waals surface area contributed by atoms with Gasteiger partial charge in [-0.25, -0.2) is 0 Å². The molecule has 1 aromatic carbocycles. The van der Waals surface area contributed by atoms with Gasteiger partial charge < -0.3 is 20.9 Å². The Morgan fingerprint density at radius 1 is 1.37 bits per heavy atom. The lowest BCUT2D eigenvalue weighted by atomic mass is 10.2. The van der Waals surface area contributed by atoms with Crippen LogP contribution in [0.5, 0.6) is 0 Å². The van der Waals surface area contributed by atoms with Crippen molar-refractivity contribution in [2.45, 2.75) is 25.5 Å². The number of hydrogen-bond acceptors (Lipinski definition) is 5. The fourth-order valence-corrected chi connectivity index (χ4v) is 1.40. The third-order valence-corrected chi connectivity index (χ3v) is 2.62. The SMILES string of the molecule is CNc1ccc(COC(=O)CC[C@H](N)C(=O)O)cc1. The second-order valence-electron chi connectivity index (χ2n) is 4.09. The normalized spacial score (nSPS) is 11.7. The van der Waals surface area contributed by atoms with E-state index < -0.39 is 18.0 Å². The van der Waals surface area contributed by atoms with E-state index in [0.29, 0.717) is 0 Å². The molecule has 1 atom stereocenters. The van der Waals surface area contributed by atoms with E-state index in [4.69, 9.17) is 15.6 Å². The highest BCUT2D eigenvalue weighted by atomic mass is 16.5. The van der Waals surface area contributed by atoms with Crippen molar-refractivity contribution in [1.82, 2.24) is 0 Å². The highest BCUT2D eigenvalue weighted by molar-refractivity contribution is 5.75. The summed E-state index contributed by atoms with van der Waals surface area (Å²) in [5.74, 6) is -1.56. The van der Waals surface area contributed by atoms with E-state index in [0.717, 1.165) is 11.3 Å². The van der Waals surface area contributed by atoms with Gasteiger partial charge in [-0.3, -0.25) is 9.59 Å². The van der Waals surface area contributed by atoms with Crippen LogP contribution in [-0.2, 0) is 20.9 Å². The van der Waals surface area contributed by atoms with Crippen LogP contribution in [0.2, 0.25) is 0 Å². The Morgan fingerprint density at radius 2 is 2.00 bits per heavy atom. The number of carbonyl (C=O) groups excluding carboxylic acids is 1. The van der Waals surface area contributed by atoms with Crippen molar-refractivity contribution in [2.75, 3.05) is 12.4 Å². The topological polar surface area (TPSA) is 102 Å². The minimum Gasteiger partial charge on any atom is -0.480 e. The summed E-state index contributed by atoms with van der Waals surface area (Å²) < 4.78 is 5.02. The molecule has 0 aliphatic heterocycles. The molecule has 0 amide bonds. The van der Waals surface area contributed by atoms with Gasteiger partial charge in [0.05, 0.1) is 0 Å². The summed E-state index contributed by atoms with van der Waals surface area (Å²) in [6.07, 6.45) is 0.0783. The first-order valence-electron chi connectivity index (χ1n) is 5.93. The molecule has 0 aliphatic carbocycles. The van der Waals surface area contributed by atoms with Crippen LogP contribution in [0.3, 0.4) is 0 Å². The van der Waals surface area contributed by atoms with E-state index in [1.807, 2.05) is 31.3 Å².